The summed E-state index contributed by atoms with van der Waals surface area (Å²) in [7, 11) is 2.05. The van der Waals surface area contributed by atoms with Crippen LogP contribution in [0.2, 0.25) is 0 Å². The number of fused-ring (bicyclic) bond motifs is 1. The first kappa shape index (κ1) is 13.5. The van der Waals surface area contributed by atoms with Gasteiger partial charge in [0, 0.05) is 37.8 Å². The summed E-state index contributed by atoms with van der Waals surface area (Å²) in [6.45, 7) is 3.90. The Bertz CT molecular complexity index is 625. The maximum absolute atomic E-state index is 4.58. The minimum absolute atomic E-state index is 0.659. The van der Waals surface area contributed by atoms with Crippen molar-refractivity contribution in [3.8, 4) is 0 Å². The van der Waals surface area contributed by atoms with Gasteiger partial charge in [-0.2, -0.15) is 0 Å². The summed E-state index contributed by atoms with van der Waals surface area (Å²) in [6.07, 6.45) is 0.950. The molecule has 2 aromatic rings. The average molecular weight is 333 g/mol. The Labute approximate surface area is 127 Å². The zero-order valence-electron chi connectivity index (χ0n) is 11.7. The van der Waals surface area contributed by atoms with E-state index in [1.807, 2.05) is 7.05 Å². The Kier molecular flexibility index (Phi) is 3.72. The summed E-state index contributed by atoms with van der Waals surface area (Å²) >= 11 is 3.42. The number of nitrogens with one attached hydrogen (secondary N) is 1. The van der Waals surface area contributed by atoms with Gasteiger partial charge in [0.2, 0.25) is 0 Å². The third kappa shape index (κ3) is 2.55. The number of nitrogens with zero attached hydrogens (tertiary/aromatic N) is 3. The second-order valence-electron chi connectivity index (χ2n) is 5.06. The molecule has 0 unspecified atom stereocenters. The molecule has 1 aromatic carbocycles. The van der Waals surface area contributed by atoms with Crippen LogP contribution in [0.1, 0.15) is 16.8 Å². The second kappa shape index (κ2) is 5.50. The molecular formula is C15H17BrN4. The summed E-state index contributed by atoms with van der Waals surface area (Å²) in [5.41, 5.74) is 4.73. The van der Waals surface area contributed by atoms with Crippen LogP contribution in [0.25, 0.3) is 0 Å². The first-order valence-corrected chi connectivity index (χ1v) is 7.51. The highest BCUT2D eigenvalue weighted by Gasteiger charge is 2.20. The third-order valence-electron chi connectivity index (χ3n) is 3.62. The first-order chi connectivity index (χ1) is 9.65. The molecule has 20 heavy (non-hydrogen) atoms. The van der Waals surface area contributed by atoms with E-state index in [1.165, 1.54) is 11.1 Å². The van der Waals surface area contributed by atoms with E-state index in [0.29, 0.717) is 4.73 Å². The molecule has 0 amide bonds. The van der Waals surface area contributed by atoms with Crippen LogP contribution >= 0.6 is 15.9 Å². The lowest BCUT2D eigenvalue weighted by atomic mass is 10.1. The molecule has 0 spiro atoms. The van der Waals surface area contributed by atoms with Crippen LogP contribution in [0.3, 0.4) is 0 Å². The van der Waals surface area contributed by atoms with Gasteiger partial charge in [-0.1, -0.05) is 17.7 Å². The highest BCUT2D eigenvalue weighted by Crippen LogP contribution is 2.29. The smallest absolute Gasteiger partial charge is 0.198 e. The molecule has 0 aliphatic carbocycles. The molecule has 5 heteroatoms. The summed E-state index contributed by atoms with van der Waals surface area (Å²) in [4.78, 5) is 11.2. The number of rotatable bonds is 2. The molecule has 2 heterocycles. The lowest BCUT2D eigenvalue weighted by molar-refractivity contribution is 0.623. The molecule has 1 aromatic heterocycles. The maximum atomic E-state index is 4.58. The van der Waals surface area contributed by atoms with E-state index in [-0.39, 0.29) is 0 Å². The van der Waals surface area contributed by atoms with Crippen molar-refractivity contribution in [2.45, 2.75) is 19.9 Å². The summed E-state index contributed by atoms with van der Waals surface area (Å²) < 4.78 is 0.659. The Balaban J connectivity index is 2.04. The molecule has 3 rings (SSSR count). The van der Waals surface area contributed by atoms with Crippen LogP contribution < -0.4 is 10.2 Å². The van der Waals surface area contributed by atoms with E-state index in [0.717, 1.165) is 36.7 Å². The maximum Gasteiger partial charge on any atom is 0.198 e. The predicted octanol–water partition coefficient (Wildman–Crippen LogP) is 2.96. The van der Waals surface area contributed by atoms with Gasteiger partial charge in [-0.15, -0.1) is 0 Å². The summed E-state index contributed by atoms with van der Waals surface area (Å²) in [6, 6.07) is 8.47. The van der Waals surface area contributed by atoms with Gasteiger partial charge in [0.15, 0.2) is 4.73 Å². The monoisotopic (exact) mass is 332 g/mol. The Hall–Kier alpha value is -1.46. The molecule has 4 nitrogen and oxygen atoms in total. The highest BCUT2D eigenvalue weighted by molar-refractivity contribution is 9.10. The fraction of sp³-hybridized carbons (Fsp3) is 0.333. The van der Waals surface area contributed by atoms with Crippen molar-refractivity contribution < 1.29 is 0 Å². The lowest BCUT2D eigenvalue weighted by Gasteiger charge is -2.25. The molecular weight excluding hydrogens is 316 g/mol. The number of halogens is 1. The van der Waals surface area contributed by atoms with Crippen LogP contribution in [0, 0.1) is 6.92 Å². The van der Waals surface area contributed by atoms with E-state index in [2.05, 4.69) is 67.3 Å². The summed E-state index contributed by atoms with van der Waals surface area (Å²) in [5, 5.41) is 3.39. The SMILES string of the molecule is Cc1ccc(N(C)c2nc(Br)nc3c2CNCC3)cc1. The standard InChI is InChI=1S/C15H17BrN4/c1-10-3-5-11(6-4-10)20(2)14-12-9-17-8-7-13(12)18-15(16)19-14/h3-6,17H,7-9H2,1-2H3. The number of benzene rings is 1. The van der Waals surface area contributed by atoms with Crippen molar-refractivity contribution in [2.75, 3.05) is 18.5 Å². The van der Waals surface area contributed by atoms with Crippen LogP contribution in [-0.4, -0.2) is 23.6 Å². The molecule has 1 aliphatic heterocycles. The average Bonchev–Trinajstić information content (AvgIpc) is 2.46. The molecule has 1 N–H and O–H groups in total. The van der Waals surface area contributed by atoms with Crippen molar-refractivity contribution in [1.82, 2.24) is 15.3 Å². The van der Waals surface area contributed by atoms with E-state index < -0.39 is 0 Å². The fourth-order valence-corrected chi connectivity index (χ4v) is 2.85. The molecule has 104 valence electrons. The van der Waals surface area contributed by atoms with Gasteiger partial charge in [-0.25, -0.2) is 9.97 Å². The van der Waals surface area contributed by atoms with E-state index in [4.69, 9.17) is 0 Å². The van der Waals surface area contributed by atoms with E-state index in [1.54, 1.807) is 0 Å². The van der Waals surface area contributed by atoms with Crippen molar-refractivity contribution in [1.29, 1.82) is 0 Å². The predicted molar refractivity (Wildman–Crippen MR) is 84.4 cm³/mol. The molecule has 0 radical (unpaired) electrons. The molecule has 0 atom stereocenters. The van der Waals surface area contributed by atoms with Crippen LogP contribution in [-0.2, 0) is 13.0 Å². The Morgan fingerprint density at radius 1 is 1.20 bits per heavy atom. The van der Waals surface area contributed by atoms with Crippen molar-refractivity contribution >= 4 is 27.4 Å². The van der Waals surface area contributed by atoms with Crippen molar-refractivity contribution in [3.63, 3.8) is 0 Å². The lowest BCUT2D eigenvalue weighted by Crippen LogP contribution is -2.28. The van der Waals surface area contributed by atoms with Gasteiger partial charge in [-0.3, -0.25) is 0 Å². The van der Waals surface area contributed by atoms with E-state index in [9.17, 15) is 0 Å². The summed E-state index contributed by atoms with van der Waals surface area (Å²) in [5.74, 6) is 0.970. The first-order valence-electron chi connectivity index (χ1n) is 6.71. The van der Waals surface area contributed by atoms with Crippen LogP contribution in [0.5, 0.6) is 0 Å². The van der Waals surface area contributed by atoms with Crippen molar-refractivity contribution in [3.05, 3.63) is 45.8 Å². The highest BCUT2D eigenvalue weighted by atomic mass is 79.9. The zero-order valence-corrected chi connectivity index (χ0v) is 13.2. The van der Waals surface area contributed by atoms with E-state index >= 15 is 0 Å². The largest absolute Gasteiger partial charge is 0.329 e. The third-order valence-corrected chi connectivity index (χ3v) is 3.98. The second-order valence-corrected chi connectivity index (χ2v) is 5.77. The molecule has 0 fully saturated rings. The van der Waals surface area contributed by atoms with Crippen LogP contribution in [0.15, 0.2) is 29.0 Å². The number of aryl methyl sites for hydroxylation is 1. The van der Waals surface area contributed by atoms with Gasteiger partial charge in [0.05, 0.1) is 5.69 Å². The zero-order chi connectivity index (χ0) is 14.1. The normalized spacial score (nSPS) is 13.9. The number of aromatic nitrogens is 2. The molecule has 0 saturated carbocycles. The number of hydrogen-bond donors (Lipinski definition) is 1. The fourth-order valence-electron chi connectivity index (χ4n) is 2.46. The Morgan fingerprint density at radius 2 is 1.95 bits per heavy atom. The van der Waals surface area contributed by atoms with Gasteiger partial charge < -0.3 is 10.2 Å². The topological polar surface area (TPSA) is 41.1 Å². The number of hydrogen-bond acceptors (Lipinski definition) is 4. The van der Waals surface area contributed by atoms with Crippen LogP contribution in [0.4, 0.5) is 11.5 Å². The minimum atomic E-state index is 0.659. The van der Waals surface area contributed by atoms with Gasteiger partial charge in [-0.05, 0) is 35.0 Å². The van der Waals surface area contributed by atoms with Gasteiger partial charge in [0.1, 0.15) is 5.82 Å². The van der Waals surface area contributed by atoms with Gasteiger partial charge in [0.25, 0.3) is 0 Å². The quantitative estimate of drug-likeness (QED) is 0.858. The molecule has 0 bridgehead atoms. The molecule has 0 saturated heterocycles. The Morgan fingerprint density at radius 3 is 2.70 bits per heavy atom. The molecule has 1 aliphatic rings. The van der Waals surface area contributed by atoms with Gasteiger partial charge >= 0.3 is 0 Å². The van der Waals surface area contributed by atoms with Crippen molar-refractivity contribution in [2.24, 2.45) is 0 Å². The number of anilines is 2. The minimum Gasteiger partial charge on any atom is -0.329 e.